The van der Waals surface area contributed by atoms with E-state index in [9.17, 15) is 4.79 Å². The molecule has 1 unspecified atom stereocenters. The molecule has 1 aromatic heterocycles. The minimum atomic E-state index is -0.0209. The third-order valence-electron chi connectivity index (χ3n) is 5.07. The van der Waals surface area contributed by atoms with E-state index in [1.807, 2.05) is 23.1 Å². The first kappa shape index (κ1) is 19.9. The number of carbonyl (C=O) groups excluding carboxylic acids is 1. The summed E-state index contributed by atoms with van der Waals surface area (Å²) >= 11 is 0. The van der Waals surface area contributed by atoms with Crippen LogP contribution in [0.4, 0.5) is 11.5 Å². The lowest BCUT2D eigenvalue weighted by Crippen LogP contribution is -2.43. The van der Waals surface area contributed by atoms with Gasteiger partial charge in [0.1, 0.15) is 17.3 Å². The molecule has 0 radical (unpaired) electrons. The molecule has 1 fully saturated rings. The number of aryl methyl sites for hydroxylation is 1. The molecule has 2 heterocycles. The van der Waals surface area contributed by atoms with Crippen molar-refractivity contribution in [3.63, 3.8) is 0 Å². The number of methoxy groups -OCH3 is 2. The number of ether oxygens (including phenoxy) is 2. The molecular formula is C21H28N4O3. The number of amides is 1. The summed E-state index contributed by atoms with van der Waals surface area (Å²) in [6.07, 6.45) is 4.25. The number of nitrogens with one attached hydrogen (secondary N) is 1. The number of rotatable bonds is 6. The maximum absolute atomic E-state index is 13.1. The Morgan fingerprint density at radius 2 is 1.96 bits per heavy atom. The van der Waals surface area contributed by atoms with Crippen LogP contribution in [0.25, 0.3) is 0 Å². The van der Waals surface area contributed by atoms with Crippen LogP contribution in [0.1, 0.15) is 48.9 Å². The molecule has 2 aromatic rings. The van der Waals surface area contributed by atoms with Gasteiger partial charge in [0.25, 0.3) is 5.91 Å². The van der Waals surface area contributed by atoms with Crippen molar-refractivity contribution < 1.29 is 14.3 Å². The van der Waals surface area contributed by atoms with Crippen molar-refractivity contribution in [2.24, 2.45) is 0 Å². The number of carbonyl (C=O) groups is 1. The molecule has 7 heteroatoms. The Balaban J connectivity index is 1.84. The van der Waals surface area contributed by atoms with Gasteiger partial charge in [-0.15, -0.1) is 0 Å². The lowest BCUT2D eigenvalue weighted by molar-refractivity contribution is 0.0601. The van der Waals surface area contributed by atoms with E-state index in [1.165, 1.54) is 6.42 Å². The molecule has 1 aliphatic heterocycles. The van der Waals surface area contributed by atoms with Gasteiger partial charge in [0, 0.05) is 30.4 Å². The predicted molar refractivity (Wildman–Crippen MR) is 109 cm³/mol. The summed E-state index contributed by atoms with van der Waals surface area (Å²) < 4.78 is 10.6. The Hall–Kier alpha value is -2.83. The summed E-state index contributed by atoms with van der Waals surface area (Å²) in [5.74, 6) is 2.38. The lowest BCUT2D eigenvalue weighted by atomic mass is 9.99. The molecule has 3 rings (SSSR count). The van der Waals surface area contributed by atoms with Gasteiger partial charge in [0.15, 0.2) is 11.5 Å². The van der Waals surface area contributed by atoms with Crippen molar-refractivity contribution in [1.82, 2.24) is 14.9 Å². The second-order valence-electron chi connectivity index (χ2n) is 6.94. The van der Waals surface area contributed by atoms with E-state index < -0.39 is 0 Å². The molecule has 1 atom stereocenters. The third-order valence-corrected chi connectivity index (χ3v) is 5.07. The van der Waals surface area contributed by atoms with Crippen LogP contribution in [0, 0.1) is 6.92 Å². The molecule has 0 bridgehead atoms. The summed E-state index contributed by atoms with van der Waals surface area (Å²) in [7, 11) is 3.19. The van der Waals surface area contributed by atoms with Crippen molar-refractivity contribution in [3.05, 3.63) is 35.8 Å². The number of anilines is 2. The second-order valence-corrected chi connectivity index (χ2v) is 6.94. The molecule has 1 N–H and O–H groups in total. The highest BCUT2D eigenvalue weighted by Gasteiger charge is 2.27. The highest BCUT2D eigenvalue weighted by molar-refractivity contribution is 5.93. The largest absolute Gasteiger partial charge is 0.493 e. The van der Waals surface area contributed by atoms with Crippen LogP contribution in [0.2, 0.25) is 0 Å². The fourth-order valence-electron chi connectivity index (χ4n) is 3.64. The summed E-state index contributed by atoms with van der Waals surface area (Å²) in [6, 6.07) is 7.53. The van der Waals surface area contributed by atoms with Gasteiger partial charge < -0.3 is 19.7 Å². The number of benzene rings is 1. The number of likely N-dealkylation sites (tertiary alicyclic amines) is 1. The van der Waals surface area contributed by atoms with E-state index in [0.717, 1.165) is 31.5 Å². The first-order chi connectivity index (χ1) is 13.5. The predicted octanol–water partition coefficient (Wildman–Crippen LogP) is 3.95. The maximum Gasteiger partial charge on any atom is 0.272 e. The Labute approximate surface area is 166 Å². The van der Waals surface area contributed by atoms with E-state index in [-0.39, 0.29) is 5.91 Å². The highest BCUT2D eigenvalue weighted by Crippen LogP contribution is 2.31. The molecule has 1 amide bonds. The molecule has 1 saturated heterocycles. The second kappa shape index (κ2) is 8.91. The van der Waals surface area contributed by atoms with Gasteiger partial charge >= 0.3 is 0 Å². The normalized spacial score (nSPS) is 16.6. The number of hydrogen-bond acceptors (Lipinski definition) is 6. The Bertz CT molecular complexity index is 840. The number of aromatic nitrogens is 2. The van der Waals surface area contributed by atoms with Crippen molar-refractivity contribution in [3.8, 4) is 11.5 Å². The van der Waals surface area contributed by atoms with E-state index >= 15 is 0 Å². The zero-order chi connectivity index (χ0) is 20.1. The summed E-state index contributed by atoms with van der Waals surface area (Å²) in [5, 5.41) is 3.24. The van der Waals surface area contributed by atoms with Crippen LogP contribution in [-0.2, 0) is 0 Å². The third kappa shape index (κ3) is 4.35. The maximum atomic E-state index is 13.1. The van der Waals surface area contributed by atoms with Crippen LogP contribution in [0.3, 0.4) is 0 Å². The smallest absolute Gasteiger partial charge is 0.272 e. The zero-order valence-corrected chi connectivity index (χ0v) is 17.0. The molecule has 0 saturated carbocycles. The highest BCUT2D eigenvalue weighted by atomic mass is 16.5. The first-order valence-corrected chi connectivity index (χ1v) is 9.71. The molecule has 1 aromatic carbocycles. The van der Waals surface area contributed by atoms with Gasteiger partial charge in [-0.2, -0.15) is 0 Å². The Morgan fingerprint density at radius 3 is 2.68 bits per heavy atom. The number of hydrogen-bond donors (Lipinski definition) is 1. The van der Waals surface area contributed by atoms with Crippen LogP contribution < -0.4 is 14.8 Å². The molecule has 1 aliphatic rings. The molecule has 0 aliphatic carbocycles. The van der Waals surface area contributed by atoms with Gasteiger partial charge in [0.05, 0.1) is 14.2 Å². The quantitative estimate of drug-likeness (QED) is 0.813. The van der Waals surface area contributed by atoms with E-state index in [0.29, 0.717) is 34.9 Å². The zero-order valence-electron chi connectivity index (χ0n) is 17.0. The summed E-state index contributed by atoms with van der Waals surface area (Å²) in [6.45, 7) is 4.72. The van der Waals surface area contributed by atoms with E-state index in [1.54, 1.807) is 27.2 Å². The lowest BCUT2D eigenvalue weighted by Gasteiger charge is -2.35. The fraction of sp³-hybridized carbons (Fsp3) is 0.476. The van der Waals surface area contributed by atoms with Crippen molar-refractivity contribution >= 4 is 17.4 Å². The van der Waals surface area contributed by atoms with Crippen LogP contribution in [0.15, 0.2) is 24.3 Å². The average molecular weight is 384 g/mol. The SMILES string of the molecule is CCC1CCCCN1C(=O)c1cc(Nc2ccc(OC)c(OC)c2)nc(C)n1. The standard InChI is InChI=1S/C21H28N4O3/c1-5-16-8-6-7-11-25(16)21(26)17-13-20(23-14(2)22-17)24-15-9-10-18(27-3)19(12-15)28-4/h9-10,12-13,16H,5-8,11H2,1-4H3,(H,22,23,24). The fourth-order valence-corrected chi connectivity index (χ4v) is 3.64. The monoisotopic (exact) mass is 384 g/mol. The minimum absolute atomic E-state index is 0.0209. The van der Waals surface area contributed by atoms with Gasteiger partial charge in [0.2, 0.25) is 0 Å². The molecule has 0 spiro atoms. The topological polar surface area (TPSA) is 76.6 Å². The molecule has 7 nitrogen and oxygen atoms in total. The van der Waals surface area contributed by atoms with E-state index in [2.05, 4.69) is 22.2 Å². The van der Waals surface area contributed by atoms with Crippen molar-refractivity contribution in [2.75, 3.05) is 26.1 Å². The number of nitrogens with zero attached hydrogens (tertiary/aromatic N) is 3. The summed E-state index contributed by atoms with van der Waals surface area (Å²) in [4.78, 5) is 23.9. The van der Waals surface area contributed by atoms with Gasteiger partial charge in [-0.3, -0.25) is 4.79 Å². The first-order valence-electron chi connectivity index (χ1n) is 9.71. The Morgan fingerprint density at radius 1 is 1.18 bits per heavy atom. The Kier molecular flexibility index (Phi) is 6.34. The van der Waals surface area contributed by atoms with Gasteiger partial charge in [-0.1, -0.05) is 6.92 Å². The molecule has 28 heavy (non-hydrogen) atoms. The molecular weight excluding hydrogens is 356 g/mol. The average Bonchev–Trinajstić information content (AvgIpc) is 2.72. The van der Waals surface area contributed by atoms with Crippen LogP contribution in [0.5, 0.6) is 11.5 Å². The van der Waals surface area contributed by atoms with Crippen molar-refractivity contribution in [2.45, 2.75) is 45.6 Å². The van der Waals surface area contributed by atoms with Crippen molar-refractivity contribution in [1.29, 1.82) is 0 Å². The van der Waals surface area contributed by atoms with Gasteiger partial charge in [-0.25, -0.2) is 9.97 Å². The minimum Gasteiger partial charge on any atom is -0.493 e. The van der Waals surface area contributed by atoms with Gasteiger partial charge in [-0.05, 0) is 44.7 Å². The molecule has 150 valence electrons. The summed E-state index contributed by atoms with van der Waals surface area (Å²) in [5.41, 5.74) is 1.22. The van der Waals surface area contributed by atoms with Crippen LogP contribution >= 0.6 is 0 Å². The van der Waals surface area contributed by atoms with Crippen LogP contribution in [-0.4, -0.2) is 47.6 Å². The van der Waals surface area contributed by atoms with E-state index in [4.69, 9.17) is 9.47 Å². The number of piperidine rings is 1.